The highest BCUT2D eigenvalue weighted by Gasteiger charge is 2.21. The van der Waals surface area contributed by atoms with Crippen molar-refractivity contribution < 1.29 is 5.11 Å². The number of aliphatic hydroxyl groups excluding tert-OH is 1. The van der Waals surface area contributed by atoms with Crippen LogP contribution < -0.4 is 0 Å². The van der Waals surface area contributed by atoms with E-state index in [1.165, 1.54) is 32.5 Å². The average molecular weight is 212 g/mol. The Kier molecular flexibility index (Phi) is 4.00. The van der Waals surface area contributed by atoms with Crippen LogP contribution in [0.25, 0.3) is 0 Å². The molecule has 0 bridgehead atoms. The summed E-state index contributed by atoms with van der Waals surface area (Å²) in [6.07, 6.45) is 3.63. The molecule has 0 spiro atoms. The van der Waals surface area contributed by atoms with Crippen molar-refractivity contribution >= 4 is 0 Å². The van der Waals surface area contributed by atoms with E-state index in [-0.39, 0.29) is 6.10 Å². The second kappa shape index (κ2) is 5.28. The van der Waals surface area contributed by atoms with Gasteiger partial charge < -0.3 is 10.0 Å². The Labute approximate surface area is 93.1 Å². The Balaban J connectivity index is 1.61. The fourth-order valence-corrected chi connectivity index (χ4v) is 2.58. The van der Waals surface area contributed by atoms with Crippen molar-refractivity contribution in [2.24, 2.45) is 5.92 Å². The lowest BCUT2D eigenvalue weighted by atomic mass is 9.99. The third kappa shape index (κ3) is 3.44. The first kappa shape index (κ1) is 11.4. The van der Waals surface area contributed by atoms with Gasteiger partial charge in [0, 0.05) is 26.2 Å². The lowest BCUT2D eigenvalue weighted by Gasteiger charge is -2.31. The molecule has 0 amide bonds. The van der Waals surface area contributed by atoms with Gasteiger partial charge in [-0.1, -0.05) is 6.92 Å². The molecule has 15 heavy (non-hydrogen) atoms. The number of β-amino-alcohol motifs (C(OH)–C–C–N with tert-alkyl or cyclic N) is 1. The summed E-state index contributed by atoms with van der Waals surface area (Å²) in [6.45, 7) is 9.23. The molecule has 3 nitrogen and oxygen atoms in total. The van der Waals surface area contributed by atoms with E-state index in [9.17, 15) is 5.11 Å². The topological polar surface area (TPSA) is 26.7 Å². The summed E-state index contributed by atoms with van der Waals surface area (Å²) in [5, 5.41) is 9.42. The van der Waals surface area contributed by atoms with E-state index in [2.05, 4.69) is 16.7 Å². The largest absolute Gasteiger partial charge is 0.392 e. The number of hydrogen-bond acceptors (Lipinski definition) is 3. The lowest BCUT2D eigenvalue weighted by Crippen LogP contribution is -2.38. The molecular formula is C12H24N2O. The van der Waals surface area contributed by atoms with Crippen LogP contribution in [0, 0.1) is 5.92 Å². The van der Waals surface area contributed by atoms with Crippen molar-refractivity contribution in [3.63, 3.8) is 0 Å². The highest BCUT2D eigenvalue weighted by molar-refractivity contribution is 4.76. The van der Waals surface area contributed by atoms with Crippen LogP contribution in [0.5, 0.6) is 0 Å². The highest BCUT2D eigenvalue weighted by atomic mass is 16.3. The van der Waals surface area contributed by atoms with Crippen molar-refractivity contribution in [1.29, 1.82) is 0 Å². The van der Waals surface area contributed by atoms with Gasteiger partial charge in [0.2, 0.25) is 0 Å². The van der Waals surface area contributed by atoms with Crippen LogP contribution in [0.2, 0.25) is 0 Å². The van der Waals surface area contributed by atoms with E-state index in [1.54, 1.807) is 0 Å². The maximum Gasteiger partial charge on any atom is 0.0679 e. The van der Waals surface area contributed by atoms with Gasteiger partial charge in [-0.25, -0.2) is 0 Å². The van der Waals surface area contributed by atoms with E-state index in [0.717, 1.165) is 32.0 Å². The molecule has 2 heterocycles. The Morgan fingerprint density at radius 3 is 2.20 bits per heavy atom. The molecule has 1 atom stereocenters. The van der Waals surface area contributed by atoms with Gasteiger partial charge >= 0.3 is 0 Å². The highest BCUT2D eigenvalue weighted by Crippen LogP contribution is 2.16. The van der Waals surface area contributed by atoms with E-state index in [0.29, 0.717) is 0 Å². The quantitative estimate of drug-likeness (QED) is 0.749. The monoisotopic (exact) mass is 212 g/mol. The smallest absolute Gasteiger partial charge is 0.0679 e. The number of aliphatic hydroxyl groups is 1. The van der Waals surface area contributed by atoms with Crippen molar-refractivity contribution in [3.8, 4) is 0 Å². The third-order valence-electron chi connectivity index (χ3n) is 3.86. The molecule has 2 aliphatic heterocycles. The average Bonchev–Trinajstić information content (AvgIpc) is 2.64. The van der Waals surface area contributed by atoms with Crippen LogP contribution >= 0.6 is 0 Å². The van der Waals surface area contributed by atoms with Gasteiger partial charge in [-0.15, -0.1) is 0 Å². The van der Waals surface area contributed by atoms with Crippen LogP contribution in [-0.2, 0) is 0 Å². The van der Waals surface area contributed by atoms with Crippen molar-refractivity contribution in [2.45, 2.75) is 32.3 Å². The minimum Gasteiger partial charge on any atom is -0.392 e. The molecule has 0 saturated carbocycles. The van der Waals surface area contributed by atoms with Crippen LogP contribution in [0.15, 0.2) is 0 Å². The van der Waals surface area contributed by atoms with Crippen LogP contribution in [0.1, 0.15) is 26.2 Å². The minimum atomic E-state index is -0.0635. The fourth-order valence-electron chi connectivity index (χ4n) is 2.58. The maximum absolute atomic E-state index is 9.42. The van der Waals surface area contributed by atoms with Gasteiger partial charge in [0.25, 0.3) is 0 Å². The second-order valence-corrected chi connectivity index (χ2v) is 5.27. The number of nitrogens with zero attached hydrogens (tertiary/aromatic N) is 2. The summed E-state index contributed by atoms with van der Waals surface area (Å²) >= 11 is 0. The SMILES string of the molecule is CC1CCN(CCN2CCC(O)C2)CC1. The van der Waals surface area contributed by atoms with Gasteiger partial charge in [0.1, 0.15) is 0 Å². The predicted molar refractivity (Wildman–Crippen MR) is 61.9 cm³/mol. The molecule has 1 unspecified atom stereocenters. The molecule has 0 radical (unpaired) electrons. The van der Waals surface area contributed by atoms with Crippen LogP contribution in [0.4, 0.5) is 0 Å². The molecule has 2 saturated heterocycles. The molecule has 2 aliphatic rings. The zero-order valence-electron chi connectivity index (χ0n) is 9.86. The number of piperidine rings is 1. The van der Waals surface area contributed by atoms with Crippen molar-refractivity contribution in [2.75, 3.05) is 39.3 Å². The van der Waals surface area contributed by atoms with Crippen LogP contribution in [-0.4, -0.2) is 60.3 Å². The van der Waals surface area contributed by atoms with Gasteiger partial charge in [0.15, 0.2) is 0 Å². The molecule has 1 N–H and O–H groups in total. The Bertz CT molecular complexity index is 190. The molecule has 0 aromatic rings. The molecule has 3 heteroatoms. The summed E-state index contributed by atoms with van der Waals surface area (Å²) in [5.74, 6) is 0.926. The lowest BCUT2D eigenvalue weighted by molar-refractivity contribution is 0.152. The predicted octanol–water partition coefficient (Wildman–Crippen LogP) is 0.785. The molecular weight excluding hydrogens is 188 g/mol. The van der Waals surface area contributed by atoms with E-state index in [4.69, 9.17) is 0 Å². The van der Waals surface area contributed by atoms with Gasteiger partial charge in [-0.2, -0.15) is 0 Å². The number of likely N-dealkylation sites (tertiary alicyclic amines) is 2. The number of hydrogen-bond donors (Lipinski definition) is 1. The summed E-state index contributed by atoms with van der Waals surface area (Å²) < 4.78 is 0. The van der Waals surface area contributed by atoms with Crippen molar-refractivity contribution in [1.82, 2.24) is 9.80 Å². The molecule has 2 fully saturated rings. The van der Waals surface area contributed by atoms with Crippen LogP contribution in [0.3, 0.4) is 0 Å². The fraction of sp³-hybridized carbons (Fsp3) is 1.00. The summed E-state index contributed by atoms with van der Waals surface area (Å²) in [4.78, 5) is 4.97. The Morgan fingerprint density at radius 1 is 1.00 bits per heavy atom. The van der Waals surface area contributed by atoms with E-state index >= 15 is 0 Å². The van der Waals surface area contributed by atoms with E-state index < -0.39 is 0 Å². The van der Waals surface area contributed by atoms with Gasteiger partial charge in [0.05, 0.1) is 6.10 Å². The summed E-state index contributed by atoms with van der Waals surface area (Å²) in [6, 6.07) is 0. The summed E-state index contributed by atoms with van der Waals surface area (Å²) in [7, 11) is 0. The van der Waals surface area contributed by atoms with Gasteiger partial charge in [-0.3, -0.25) is 4.90 Å². The third-order valence-corrected chi connectivity index (χ3v) is 3.86. The second-order valence-electron chi connectivity index (χ2n) is 5.27. The summed E-state index contributed by atoms with van der Waals surface area (Å²) in [5.41, 5.74) is 0. The number of rotatable bonds is 3. The minimum absolute atomic E-state index is 0.0635. The Morgan fingerprint density at radius 2 is 1.60 bits per heavy atom. The zero-order valence-corrected chi connectivity index (χ0v) is 9.86. The molecule has 2 rings (SSSR count). The molecule has 0 aromatic carbocycles. The normalized spacial score (nSPS) is 31.2. The van der Waals surface area contributed by atoms with Gasteiger partial charge in [-0.05, 0) is 38.3 Å². The molecule has 0 aliphatic carbocycles. The van der Waals surface area contributed by atoms with E-state index in [1.807, 2.05) is 0 Å². The first-order chi connectivity index (χ1) is 7.24. The maximum atomic E-state index is 9.42. The first-order valence-electron chi connectivity index (χ1n) is 6.37. The first-order valence-corrected chi connectivity index (χ1v) is 6.37. The zero-order chi connectivity index (χ0) is 10.7. The Hall–Kier alpha value is -0.120. The molecule has 88 valence electrons. The van der Waals surface area contributed by atoms with Crippen molar-refractivity contribution in [3.05, 3.63) is 0 Å². The standard InChI is InChI=1S/C12H24N2O/c1-11-2-5-13(6-3-11)8-9-14-7-4-12(15)10-14/h11-12,15H,2-10H2,1H3. The molecule has 0 aromatic heterocycles.